The molecule has 4 rings (SSSR count). The molecule has 17 heteroatoms. The van der Waals surface area contributed by atoms with Crippen molar-refractivity contribution in [2.24, 2.45) is 0 Å². The van der Waals surface area contributed by atoms with E-state index >= 15 is 0 Å². The molecular weight excluding hydrogens is 666 g/mol. The number of H-pyrrole nitrogens is 1. The fraction of sp³-hybridized carbons (Fsp3) is 0.300. The minimum absolute atomic E-state index is 0.114. The van der Waals surface area contributed by atoms with Gasteiger partial charge in [-0.05, 0) is 63.3 Å². The molecule has 0 bridgehead atoms. The summed E-state index contributed by atoms with van der Waals surface area (Å²) in [5.74, 6) is -3.88. The van der Waals surface area contributed by atoms with Crippen LogP contribution in [0.25, 0.3) is 0 Å². The number of aliphatic carboxylic acids is 1. The topological polar surface area (TPSA) is 160 Å². The summed E-state index contributed by atoms with van der Waals surface area (Å²) in [6.07, 6.45) is 1.20. The quantitative estimate of drug-likeness (QED) is 0.184. The van der Waals surface area contributed by atoms with Gasteiger partial charge in [-0.1, -0.05) is 41.4 Å². The van der Waals surface area contributed by atoms with E-state index in [1.807, 2.05) is 44.4 Å². The third kappa shape index (κ3) is 11.3. The number of halogens is 5. The van der Waals surface area contributed by atoms with Gasteiger partial charge in [-0.15, -0.1) is 0 Å². The van der Waals surface area contributed by atoms with Gasteiger partial charge in [0.2, 0.25) is 5.91 Å². The first-order chi connectivity index (χ1) is 22.1. The van der Waals surface area contributed by atoms with Gasteiger partial charge in [-0.2, -0.15) is 18.3 Å². The summed E-state index contributed by atoms with van der Waals surface area (Å²) in [6.45, 7) is 2.18. The molecule has 3 aromatic rings. The highest BCUT2D eigenvalue weighted by molar-refractivity contribution is 6.40. The predicted molar refractivity (Wildman–Crippen MR) is 172 cm³/mol. The minimum Gasteiger partial charge on any atom is -0.475 e. The second-order valence-electron chi connectivity index (χ2n) is 10.5. The number of rotatable bonds is 10. The number of aromatic nitrogens is 2. The lowest BCUT2D eigenvalue weighted by Crippen LogP contribution is -2.37. The molecule has 2 aromatic carbocycles. The van der Waals surface area contributed by atoms with Crippen molar-refractivity contribution in [3.8, 4) is 0 Å². The van der Waals surface area contributed by atoms with Crippen molar-refractivity contribution in [2.75, 3.05) is 49.3 Å². The summed E-state index contributed by atoms with van der Waals surface area (Å²) in [6, 6.07) is 12.2. The van der Waals surface area contributed by atoms with Crippen LogP contribution in [-0.4, -0.2) is 89.8 Å². The number of carbonyl (C=O) groups is 4. The average Bonchev–Trinajstić information content (AvgIpc) is 3.65. The first-order valence-electron chi connectivity index (χ1n) is 14.0. The number of nitrogens with one attached hydrogen (secondary N) is 4. The van der Waals surface area contributed by atoms with Crippen LogP contribution in [0.15, 0.2) is 60.8 Å². The Kier molecular flexibility index (Phi) is 13.2. The number of carboxylic acid groups (broad SMARTS) is 1. The van der Waals surface area contributed by atoms with Crippen LogP contribution in [0.5, 0.6) is 0 Å². The van der Waals surface area contributed by atoms with Crippen LogP contribution in [0, 0.1) is 0 Å². The van der Waals surface area contributed by atoms with Crippen molar-refractivity contribution < 1.29 is 37.5 Å². The molecule has 1 fully saturated rings. The van der Waals surface area contributed by atoms with Gasteiger partial charge in [-0.25, -0.2) is 4.79 Å². The Morgan fingerprint density at radius 1 is 1.09 bits per heavy atom. The van der Waals surface area contributed by atoms with Crippen LogP contribution in [0.2, 0.25) is 10.0 Å². The molecule has 1 aliphatic rings. The summed E-state index contributed by atoms with van der Waals surface area (Å²) < 4.78 is 31.7. The molecule has 1 saturated heterocycles. The Balaban J connectivity index is 0.000000771. The van der Waals surface area contributed by atoms with Crippen LogP contribution in [-0.2, 0) is 9.59 Å². The zero-order chi connectivity index (χ0) is 34.7. The molecule has 5 N–H and O–H groups in total. The van der Waals surface area contributed by atoms with Crippen LogP contribution in [0.3, 0.4) is 0 Å². The van der Waals surface area contributed by atoms with Gasteiger partial charge in [0.15, 0.2) is 0 Å². The van der Waals surface area contributed by atoms with Gasteiger partial charge in [0.25, 0.3) is 11.8 Å². The largest absolute Gasteiger partial charge is 0.490 e. The SMILES string of the molecule is CN(C)CC/C=C/C(=O)Nc1cccc(N2CC[C@@H](NC(=O)c3[nH]ncc3NC(=O)c3c(Cl)cccc3Cl)C2)c1.O=C(O)C(F)(F)F. The second kappa shape index (κ2) is 16.8. The van der Waals surface area contributed by atoms with Crippen molar-refractivity contribution in [3.05, 3.63) is 82.1 Å². The molecule has 47 heavy (non-hydrogen) atoms. The van der Waals surface area contributed by atoms with Crippen molar-refractivity contribution in [1.29, 1.82) is 0 Å². The van der Waals surface area contributed by atoms with Crippen molar-refractivity contribution in [1.82, 2.24) is 20.4 Å². The van der Waals surface area contributed by atoms with Crippen LogP contribution in [0.1, 0.15) is 33.7 Å². The minimum atomic E-state index is -5.08. The van der Waals surface area contributed by atoms with E-state index in [9.17, 15) is 27.6 Å². The van der Waals surface area contributed by atoms with Crippen molar-refractivity contribution in [3.63, 3.8) is 0 Å². The van der Waals surface area contributed by atoms with Crippen molar-refractivity contribution in [2.45, 2.75) is 25.1 Å². The number of hydrogen-bond acceptors (Lipinski definition) is 7. The Morgan fingerprint density at radius 3 is 2.38 bits per heavy atom. The number of hydrogen-bond donors (Lipinski definition) is 5. The maximum atomic E-state index is 13.0. The van der Waals surface area contributed by atoms with Crippen LogP contribution in [0.4, 0.5) is 30.2 Å². The van der Waals surface area contributed by atoms with Gasteiger partial charge in [0.1, 0.15) is 5.69 Å². The lowest BCUT2D eigenvalue weighted by atomic mass is 10.2. The van der Waals surface area contributed by atoms with E-state index in [2.05, 4.69) is 35.9 Å². The summed E-state index contributed by atoms with van der Waals surface area (Å²) in [4.78, 5) is 51.2. The fourth-order valence-corrected chi connectivity index (χ4v) is 4.88. The van der Waals surface area contributed by atoms with Gasteiger partial charge in [-0.3, -0.25) is 19.5 Å². The molecule has 1 atom stereocenters. The number of nitrogens with zero attached hydrogens (tertiary/aromatic N) is 3. The highest BCUT2D eigenvalue weighted by Gasteiger charge is 2.38. The van der Waals surface area contributed by atoms with E-state index < -0.39 is 24.0 Å². The Morgan fingerprint density at radius 2 is 1.74 bits per heavy atom. The zero-order valence-electron chi connectivity index (χ0n) is 25.2. The molecule has 0 radical (unpaired) electrons. The molecule has 12 nitrogen and oxygen atoms in total. The van der Waals surface area contributed by atoms with Gasteiger partial charge >= 0.3 is 12.1 Å². The van der Waals surface area contributed by atoms with E-state index in [4.69, 9.17) is 33.1 Å². The van der Waals surface area contributed by atoms with Gasteiger partial charge in [0.05, 0.1) is 27.5 Å². The van der Waals surface area contributed by atoms with E-state index in [-0.39, 0.29) is 38.9 Å². The highest BCUT2D eigenvalue weighted by Crippen LogP contribution is 2.27. The van der Waals surface area contributed by atoms with E-state index in [1.54, 1.807) is 24.3 Å². The summed E-state index contributed by atoms with van der Waals surface area (Å²) in [7, 11) is 3.98. The Hall–Kier alpha value is -4.60. The molecule has 1 aromatic heterocycles. The molecule has 3 amide bonds. The number of alkyl halides is 3. The van der Waals surface area contributed by atoms with Gasteiger partial charge < -0.3 is 30.9 Å². The summed E-state index contributed by atoms with van der Waals surface area (Å²) in [5, 5.41) is 22.7. The number of carbonyl (C=O) groups excluding carboxylic acids is 3. The Labute approximate surface area is 277 Å². The molecule has 1 aliphatic heterocycles. The standard InChI is InChI=1S/C28H31Cl2N7O3.C2HF3O2/c1-36(2)13-4-3-11-24(38)32-18-7-5-8-20(15-18)37-14-12-19(17-37)33-28(40)26-23(16-31-35-26)34-27(39)25-21(29)9-6-10-22(25)30;3-2(4,5)1(6)7/h3,5-11,15-16,19H,4,12-14,17H2,1-2H3,(H,31,35)(H,32,38)(H,33,40)(H,34,39);(H,6,7)/b11-3+;/t19-;/m1./s1. The summed E-state index contributed by atoms with van der Waals surface area (Å²) >= 11 is 12.3. The number of benzene rings is 2. The monoisotopic (exact) mass is 697 g/mol. The highest BCUT2D eigenvalue weighted by atomic mass is 35.5. The maximum Gasteiger partial charge on any atom is 0.490 e. The number of amides is 3. The molecule has 0 aliphatic carbocycles. The fourth-order valence-electron chi connectivity index (χ4n) is 4.31. The third-order valence-electron chi connectivity index (χ3n) is 6.56. The van der Waals surface area contributed by atoms with E-state index in [0.29, 0.717) is 12.2 Å². The molecule has 0 spiro atoms. The van der Waals surface area contributed by atoms with Gasteiger partial charge in [0, 0.05) is 37.1 Å². The lowest BCUT2D eigenvalue weighted by Gasteiger charge is -2.20. The lowest BCUT2D eigenvalue weighted by molar-refractivity contribution is -0.192. The summed E-state index contributed by atoms with van der Waals surface area (Å²) in [5.41, 5.74) is 2.09. The molecule has 0 unspecified atom stereocenters. The predicted octanol–water partition coefficient (Wildman–Crippen LogP) is 5.06. The molecule has 252 valence electrons. The maximum absolute atomic E-state index is 13.0. The van der Waals surface area contributed by atoms with E-state index in [0.717, 1.165) is 31.6 Å². The smallest absolute Gasteiger partial charge is 0.475 e. The molecule has 0 saturated carbocycles. The number of aromatic amines is 1. The molecule has 2 heterocycles. The first-order valence-corrected chi connectivity index (χ1v) is 14.8. The van der Waals surface area contributed by atoms with Crippen molar-refractivity contribution >= 4 is 64.0 Å². The van der Waals surface area contributed by atoms with Crippen LogP contribution < -0.4 is 20.9 Å². The first kappa shape index (κ1) is 36.9. The third-order valence-corrected chi connectivity index (χ3v) is 7.19. The Bertz CT molecular complexity index is 1590. The number of carboxylic acids is 1. The average molecular weight is 699 g/mol. The molecular formula is C30H32Cl2F3N7O5. The number of anilines is 3. The van der Waals surface area contributed by atoms with E-state index in [1.165, 1.54) is 6.20 Å². The van der Waals surface area contributed by atoms with Crippen LogP contribution >= 0.6 is 23.2 Å². The normalized spacial score (nSPS) is 14.5. The zero-order valence-corrected chi connectivity index (χ0v) is 26.7. The second-order valence-corrected chi connectivity index (χ2v) is 11.3.